The molecule has 2 N–H and O–H groups in total. The van der Waals surface area contributed by atoms with Crippen molar-refractivity contribution in [2.24, 2.45) is 0 Å². The minimum atomic E-state index is -4.08. The molecule has 1 saturated carbocycles. The van der Waals surface area contributed by atoms with Gasteiger partial charge >= 0.3 is 0 Å². The summed E-state index contributed by atoms with van der Waals surface area (Å²) in [5, 5.41) is 3.24. The maximum Gasteiger partial charge on any atom is 0.255 e. The number of nitrogens with one attached hydrogen (secondary N) is 2. The molecule has 0 heterocycles. The largest absolute Gasteiger partial charge is 0.322 e. The van der Waals surface area contributed by atoms with Crippen LogP contribution in [0.1, 0.15) is 42.5 Å². The lowest BCUT2D eigenvalue weighted by molar-refractivity contribution is 0.102. The smallest absolute Gasteiger partial charge is 0.255 e. The van der Waals surface area contributed by atoms with E-state index in [1.54, 1.807) is 0 Å². The Balaban J connectivity index is 1.82. The Morgan fingerprint density at radius 2 is 1.64 bits per heavy atom. The SMILES string of the molecule is O=C(Nc1cc(Cl)cc(Cl)c1)c1ccc(F)c(S(=O)(=O)NC2CCCCC2)c1. The van der Waals surface area contributed by atoms with Crippen LogP contribution >= 0.6 is 23.2 Å². The quantitative estimate of drug-likeness (QED) is 0.681. The third kappa shape index (κ3) is 5.23. The Labute approximate surface area is 173 Å². The van der Waals surface area contributed by atoms with Crippen molar-refractivity contribution >= 4 is 44.8 Å². The predicted octanol–water partition coefficient (Wildman–Crippen LogP) is 5.00. The Bertz CT molecular complexity index is 972. The van der Waals surface area contributed by atoms with Crippen molar-refractivity contribution in [2.45, 2.75) is 43.0 Å². The van der Waals surface area contributed by atoms with Crippen LogP contribution in [0.15, 0.2) is 41.3 Å². The summed E-state index contributed by atoms with van der Waals surface area (Å²) in [7, 11) is -4.08. The van der Waals surface area contributed by atoms with Crippen LogP contribution in [0, 0.1) is 5.82 Å². The zero-order chi connectivity index (χ0) is 20.3. The zero-order valence-corrected chi connectivity index (χ0v) is 17.2. The van der Waals surface area contributed by atoms with Crippen LogP contribution in [0.5, 0.6) is 0 Å². The highest BCUT2D eigenvalue weighted by molar-refractivity contribution is 7.89. The molecule has 0 spiro atoms. The molecule has 5 nitrogen and oxygen atoms in total. The third-order valence-electron chi connectivity index (χ3n) is 4.53. The second-order valence-corrected chi connectivity index (χ2v) is 9.27. The molecule has 28 heavy (non-hydrogen) atoms. The normalized spacial score (nSPS) is 15.4. The van der Waals surface area contributed by atoms with E-state index < -0.39 is 26.6 Å². The summed E-state index contributed by atoms with van der Waals surface area (Å²) in [5.74, 6) is -1.52. The lowest BCUT2D eigenvalue weighted by Gasteiger charge is -2.22. The fraction of sp³-hybridized carbons (Fsp3) is 0.316. The Kier molecular flexibility index (Phi) is 6.60. The summed E-state index contributed by atoms with van der Waals surface area (Å²) in [6, 6.07) is 7.50. The molecule has 150 valence electrons. The topological polar surface area (TPSA) is 75.3 Å². The van der Waals surface area contributed by atoms with Crippen molar-refractivity contribution in [3.63, 3.8) is 0 Å². The Hall–Kier alpha value is -1.67. The lowest BCUT2D eigenvalue weighted by atomic mass is 9.96. The van der Waals surface area contributed by atoms with Crippen molar-refractivity contribution in [2.75, 3.05) is 5.32 Å². The molecule has 0 bridgehead atoms. The van der Waals surface area contributed by atoms with Crippen LogP contribution in [0.25, 0.3) is 0 Å². The van der Waals surface area contributed by atoms with E-state index in [0.29, 0.717) is 15.7 Å². The molecule has 9 heteroatoms. The third-order valence-corrected chi connectivity index (χ3v) is 6.50. The van der Waals surface area contributed by atoms with Crippen LogP contribution in [-0.4, -0.2) is 20.4 Å². The first-order chi connectivity index (χ1) is 13.2. The average molecular weight is 445 g/mol. The van der Waals surface area contributed by atoms with Crippen LogP contribution in [0.3, 0.4) is 0 Å². The van der Waals surface area contributed by atoms with E-state index in [1.807, 2.05) is 0 Å². The van der Waals surface area contributed by atoms with Gasteiger partial charge < -0.3 is 5.32 Å². The van der Waals surface area contributed by atoms with Crippen LogP contribution < -0.4 is 10.0 Å². The average Bonchev–Trinajstić information content (AvgIpc) is 2.61. The van der Waals surface area contributed by atoms with Gasteiger partial charge in [-0.1, -0.05) is 42.5 Å². The molecule has 0 aliphatic heterocycles. The van der Waals surface area contributed by atoms with Gasteiger partial charge in [0.25, 0.3) is 5.91 Å². The van der Waals surface area contributed by atoms with E-state index >= 15 is 0 Å². The summed E-state index contributed by atoms with van der Waals surface area (Å²) < 4.78 is 42.0. The summed E-state index contributed by atoms with van der Waals surface area (Å²) in [5.41, 5.74) is 0.345. The van der Waals surface area contributed by atoms with Gasteiger partial charge in [-0.3, -0.25) is 4.79 Å². The maximum absolute atomic E-state index is 14.2. The molecule has 0 aromatic heterocycles. The number of rotatable bonds is 5. The van der Waals surface area contributed by atoms with Crippen LogP contribution in [-0.2, 0) is 10.0 Å². The molecule has 1 aliphatic rings. The fourth-order valence-corrected chi connectivity index (χ4v) is 5.12. The van der Waals surface area contributed by atoms with Crippen molar-refractivity contribution < 1.29 is 17.6 Å². The maximum atomic E-state index is 14.2. The number of anilines is 1. The first-order valence-corrected chi connectivity index (χ1v) is 11.1. The molecule has 0 atom stereocenters. The first kappa shape index (κ1) is 21.0. The number of benzene rings is 2. The molecule has 3 rings (SSSR count). The number of sulfonamides is 1. The molecule has 2 aromatic rings. The summed E-state index contributed by atoms with van der Waals surface area (Å²) in [6.07, 6.45) is 4.36. The van der Waals surface area contributed by atoms with Gasteiger partial charge in [0, 0.05) is 27.3 Å². The highest BCUT2D eigenvalue weighted by Gasteiger charge is 2.25. The second-order valence-electron chi connectivity index (χ2n) is 6.71. The molecule has 0 unspecified atom stereocenters. The second kappa shape index (κ2) is 8.78. The van der Waals surface area contributed by atoms with Crippen molar-refractivity contribution in [1.29, 1.82) is 0 Å². The van der Waals surface area contributed by atoms with Crippen LogP contribution in [0.2, 0.25) is 10.0 Å². The minimum absolute atomic E-state index is 0.00140. The molecular formula is C19H19Cl2FN2O3S. The van der Waals surface area contributed by atoms with Crippen LogP contribution in [0.4, 0.5) is 10.1 Å². The van der Waals surface area contributed by atoms with Gasteiger partial charge in [-0.15, -0.1) is 0 Å². The van der Waals surface area contributed by atoms with Gasteiger partial charge in [0.2, 0.25) is 10.0 Å². The number of amides is 1. The molecule has 2 aromatic carbocycles. The van der Waals surface area contributed by atoms with Gasteiger partial charge in [-0.05, 0) is 49.2 Å². The zero-order valence-electron chi connectivity index (χ0n) is 14.8. The molecule has 1 amide bonds. The first-order valence-electron chi connectivity index (χ1n) is 8.84. The van der Waals surface area contributed by atoms with E-state index in [-0.39, 0.29) is 11.6 Å². The van der Waals surface area contributed by atoms with E-state index in [0.717, 1.165) is 44.2 Å². The monoisotopic (exact) mass is 444 g/mol. The van der Waals surface area contributed by atoms with E-state index in [4.69, 9.17) is 23.2 Å². The Morgan fingerprint density at radius 3 is 2.29 bits per heavy atom. The van der Waals surface area contributed by atoms with Gasteiger partial charge in [0.05, 0.1) is 0 Å². The highest BCUT2D eigenvalue weighted by atomic mass is 35.5. The Morgan fingerprint density at radius 1 is 1.00 bits per heavy atom. The molecular weight excluding hydrogens is 426 g/mol. The fourth-order valence-electron chi connectivity index (χ4n) is 3.18. The molecule has 0 radical (unpaired) electrons. The minimum Gasteiger partial charge on any atom is -0.322 e. The molecule has 1 fully saturated rings. The number of carbonyl (C=O) groups excluding carboxylic acids is 1. The van der Waals surface area contributed by atoms with Gasteiger partial charge in [-0.25, -0.2) is 17.5 Å². The molecule has 1 aliphatic carbocycles. The summed E-state index contributed by atoms with van der Waals surface area (Å²) >= 11 is 11.8. The van der Waals surface area contributed by atoms with Gasteiger partial charge in [0.1, 0.15) is 10.7 Å². The van der Waals surface area contributed by atoms with Crippen molar-refractivity contribution in [3.8, 4) is 0 Å². The van der Waals surface area contributed by atoms with Crippen molar-refractivity contribution in [3.05, 3.63) is 57.8 Å². The van der Waals surface area contributed by atoms with E-state index in [9.17, 15) is 17.6 Å². The number of halogens is 3. The predicted molar refractivity (Wildman–Crippen MR) is 108 cm³/mol. The van der Waals surface area contributed by atoms with E-state index in [1.165, 1.54) is 24.3 Å². The lowest BCUT2D eigenvalue weighted by Crippen LogP contribution is -2.36. The summed E-state index contributed by atoms with van der Waals surface area (Å²) in [4.78, 5) is 11.9. The number of hydrogen-bond donors (Lipinski definition) is 2. The molecule has 0 saturated heterocycles. The highest BCUT2D eigenvalue weighted by Crippen LogP contribution is 2.24. The summed E-state index contributed by atoms with van der Waals surface area (Å²) in [6.45, 7) is 0. The number of carbonyl (C=O) groups is 1. The standard InChI is InChI=1S/C19H19Cl2FN2O3S/c20-13-9-14(21)11-16(10-13)23-19(25)12-6-7-17(22)18(8-12)28(26,27)24-15-4-2-1-3-5-15/h6-11,15,24H,1-5H2,(H,23,25). The van der Waals surface area contributed by atoms with Crippen molar-refractivity contribution in [1.82, 2.24) is 4.72 Å². The van der Waals surface area contributed by atoms with Gasteiger partial charge in [-0.2, -0.15) is 0 Å². The van der Waals surface area contributed by atoms with Gasteiger partial charge in [0.15, 0.2) is 0 Å². The van der Waals surface area contributed by atoms with E-state index in [2.05, 4.69) is 10.0 Å². The number of hydrogen-bond acceptors (Lipinski definition) is 3.